The van der Waals surface area contributed by atoms with Gasteiger partial charge in [-0.3, -0.25) is 24.0 Å². The molecule has 14 heteroatoms. The second-order valence-corrected chi connectivity index (χ2v) is 9.30. The van der Waals surface area contributed by atoms with Gasteiger partial charge in [0.05, 0.1) is 12.5 Å². The average molecular weight is 537 g/mol. The van der Waals surface area contributed by atoms with E-state index in [1.165, 1.54) is 24.3 Å². The van der Waals surface area contributed by atoms with Gasteiger partial charge in [0.1, 0.15) is 23.9 Å². The van der Waals surface area contributed by atoms with Crippen LogP contribution in [-0.2, 0) is 35.2 Å². The Morgan fingerprint density at radius 3 is 1.84 bits per heavy atom. The molecule has 0 aliphatic heterocycles. The second-order valence-electron chi connectivity index (χ2n) is 9.30. The van der Waals surface area contributed by atoms with Gasteiger partial charge in [-0.2, -0.15) is 0 Å². The van der Waals surface area contributed by atoms with E-state index in [1.807, 2.05) is 13.8 Å². The minimum Gasteiger partial charge on any atom is -0.508 e. The first-order valence-electron chi connectivity index (χ1n) is 11.9. The Hall–Kier alpha value is -4.20. The summed E-state index contributed by atoms with van der Waals surface area (Å²) in [5.41, 5.74) is 16.6. The second kappa shape index (κ2) is 15.1. The molecule has 0 aliphatic rings. The fraction of sp³-hybridized carbons (Fsp3) is 0.500. The molecule has 1 rings (SSSR count). The number of phenols is 1. The van der Waals surface area contributed by atoms with E-state index in [2.05, 4.69) is 16.0 Å². The summed E-state index contributed by atoms with van der Waals surface area (Å²) in [7, 11) is 0. The number of aromatic hydroxyl groups is 1. The molecule has 0 fully saturated rings. The van der Waals surface area contributed by atoms with Crippen molar-refractivity contribution in [1.82, 2.24) is 16.0 Å². The topological polar surface area (TPSA) is 257 Å². The maximum Gasteiger partial charge on any atom is 0.326 e. The van der Waals surface area contributed by atoms with Crippen molar-refractivity contribution < 1.29 is 39.0 Å². The van der Waals surface area contributed by atoms with Crippen LogP contribution in [0.25, 0.3) is 0 Å². The van der Waals surface area contributed by atoms with E-state index < -0.39 is 66.1 Å². The van der Waals surface area contributed by atoms with E-state index in [0.29, 0.717) is 12.0 Å². The molecule has 0 aliphatic carbocycles. The van der Waals surface area contributed by atoms with Gasteiger partial charge in [-0.1, -0.05) is 26.0 Å². The van der Waals surface area contributed by atoms with Crippen LogP contribution in [0.2, 0.25) is 0 Å². The molecule has 38 heavy (non-hydrogen) atoms. The summed E-state index contributed by atoms with van der Waals surface area (Å²) in [5, 5.41) is 26.0. The fourth-order valence-corrected chi connectivity index (χ4v) is 3.47. The Morgan fingerprint density at radius 2 is 1.34 bits per heavy atom. The van der Waals surface area contributed by atoms with Gasteiger partial charge in [-0.15, -0.1) is 0 Å². The molecule has 0 heterocycles. The number of phenolic OH excluding ortho intramolecular Hbond substituents is 1. The number of aliphatic carboxylic acids is 1. The van der Waals surface area contributed by atoms with Crippen molar-refractivity contribution in [3.8, 4) is 5.75 Å². The number of amides is 5. The fourth-order valence-electron chi connectivity index (χ4n) is 3.47. The minimum atomic E-state index is -1.65. The Bertz CT molecular complexity index is 1010. The molecular formula is C24H36N6O8. The molecule has 210 valence electrons. The van der Waals surface area contributed by atoms with Crippen molar-refractivity contribution in [3.05, 3.63) is 29.8 Å². The molecule has 11 N–H and O–H groups in total. The molecule has 0 saturated carbocycles. The van der Waals surface area contributed by atoms with E-state index in [1.54, 1.807) is 0 Å². The third-order valence-corrected chi connectivity index (χ3v) is 5.40. The van der Waals surface area contributed by atoms with E-state index >= 15 is 0 Å². The Morgan fingerprint density at radius 1 is 0.816 bits per heavy atom. The van der Waals surface area contributed by atoms with E-state index in [0.717, 1.165) is 0 Å². The van der Waals surface area contributed by atoms with Crippen molar-refractivity contribution in [2.24, 2.45) is 23.1 Å². The van der Waals surface area contributed by atoms with Crippen molar-refractivity contribution >= 4 is 35.5 Å². The largest absolute Gasteiger partial charge is 0.508 e. The highest BCUT2D eigenvalue weighted by Gasteiger charge is 2.31. The number of carbonyl (C=O) groups excluding carboxylic acids is 5. The van der Waals surface area contributed by atoms with Crippen molar-refractivity contribution in [1.29, 1.82) is 0 Å². The van der Waals surface area contributed by atoms with Crippen LogP contribution in [0.3, 0.4) is 0 Å². The zero-order chi connectivity index (χ0) is 29.0. The molecule has 0 saturated heterocycles. The smallest absolute Gasteiger partial charge is 0.326 e. The van der Waals surface area contributed by atoms with Crippen LogP contribution in [0.4, 0.5) is 0 Å². The summed E-state index contributed by atoms with van der Waals surface area (Å²) in [6.07, 6.45) is -0.949. The standard InChI is InChI=1S/C24H36N6O8/c1-12(2)9-15(25)21(34)28-16(7-8-19(26)32)22(35)29-17(10-13-3-5-14(31)6-4-13)23(36)30-18(24(37)38)11-20(27)33/h3-6,12,15-18,31H,7-11,25H2,1-2H3,(H2,26,32)(H2,27,33)(H,28,34)(H,29,35)(H,30,36)(H,37,38). The van der Waals surface area contributed by atoms with Gasteiger partial charge in [-0.25, -0.2) is 4.79 Å². The van der Waals surface area contributed by atoms with Crippen molar-refractivity contribution in [3.63, 3.8) is 0 Å². The van der Waals surface area contributed by atoms with E-state index in [9.17, 15) is 39.0 Å². The maximum absolute atomic E-state index is 13.2. The molecule has 0 bridgehead atoms. The van der Waals surface area contributed by atoms with Gasteiger partial charge < -0.3 is 43.4 Å². The summed E-state index contributed by atoms with van der Waals surface area (Å²) in [4.78, 5) is 72.8. The summed E-state index contributed by atoms with van der Waals surface area (Å²) >= 11 is 0. The normalized spacial score (nSPS) is 14.0. The number of nitrogens with two attached hydrogens (primary N) is 3. The number of carboxylic acids is 1. The number of hydrogen-bond acceptors (Lipinski definition) is 8. The summed E-state index contributed by atoms with van der Waals surface area (Å²) in [6, 6.07) is 0.423. The third-order valence-electron chi connectivity index (χ3n) is 5.40. The van der Waals surface area contributed by atoms with Crippen LogP contribution in [0.1, 0.15) is 45.1 Å². The SMILES string of the molecule is CC(C)CC(N)C(=O)NC(CCC(N)=O)C(=O)NC(Cc1ccc(O)cc1)C(=O)NC(CC(N)=O)C(=O)O. The van der Waals surface area contributed by atoms with Gasteiger partial charge in [-0.05, 0) is 36.5 Å². The lowest BCUT2D eigenvalue weighted by atomic mass is 10.0. The summed E-state index contributed by atoms with van der Waals surface area (Å²) in [5.74, 6) is -5.60. The number of hydrogen-bond donors (Lipinski definition) is 8. The number of carbonyl (C=O) groups is 6. The lowest BCUT2D eigenvalue weighted by Gasteiger charge is -2.25. The van der Waals surface area contributed by atoms with E-state index in [4.69, 9.17) is 17.2 Å². The van der Waals surface area contributed by atoms with Crippen LogP contribution in [0, 0.1) is 5.92 Å². The molecule has 0 radical (unpaired) electrons. The number of carboxylic acid groups (broad SMARTS) is 1. The predicted molar refractivity (Wildman–Crippen MR) is 135 cm³/mol. The first-order valence-corrected chi connectivity index (χ1v) is 11.9. The number of benzene rings is 1. The van der Waals surface area contributed by atoms with Gasteiger partial charge >= 0.3 is 5.97 Å². The molecule has 1 aromatic carbocycles. The van der Waals surface area contributed by atoms with Crippen LogP contribution >= 0.6 is 0 Å². The van der Waals surface area contributed by atoms with Gasteiger partial charge in [0.2, 0.25) is 29.5 Å². The highest BCUT2D eigenvalue weighted by atomic mass is 16.4. The number of nitrogens with one attached hydrogen (secondary N) is 3. The molecular weight excluding hydrogens is 500 g/mol. The lowest BCUT2D eigenvalue weighted by molar-refractivity contribution is -0.143. The van der Waals surface area contributed by atoms with Crippen LogP contribution in [-0.4, -0.2) is 69.9 Å². The lowest BCUT2D eigenvalue weighted by Crippen LogP contribution is -2.58. The Balaban J connectivity index is 3.19. The molecule has 4 unspecified atom stereocenters. The predicted octanol–water partition coefficient (Wildman–Crippen LogP) is -2.01. The quantitative estimate of drug-likeness (QED) is 0.116. The summed E-state index contributed by atoms with van der Waals surface area (Å²) < 4.78 is 0. The zero-order valence-corrected chi connectivity index (χ0v) is 21.3. The van der Waals surface area contributed by atoms with E-state index in [-0.39, 0.29) is 30.9 Å². The molecule has 1 aromatic rings. The minimum absolute atomic E-state index is 0.0434. The van der Waals surface area contributed by atoms with Crippen LogP contribution in [0.15, 0.2) is 24.3 Å². The molecule has 5 amide bonds. The summed E-state index contributed by atoms with van der Waals surface area (Å²) in [6.45, 7) is 3.72. The van der Waals surface area contributed by atoms with Gasteiger partial charge in [0, 0.05) is 12.8 Å². The average Bonchev–Trinajstić information content (AvgIpc) is 2.80. The van der Waals surface area contributed by atoms with Gasteiger partial charge in [0.15, 0.2) is 0 Å². The molecule has 4 atom stereocenters. The van der Waals surface area contributed by atoms with Crippen molar-refractivity contribution in [2.75, 3.05) is 0 Å². The monoisotopic (exact) mass is 536 g/mol. The van der Waals surface area contributed by atoms with Gasteiger partial charge in [0.25, 0.3) is 0 Å². The highest BCUT2D eigenvalue weighted by Crippen LogP contribution is 2.12. The zero-order valence-electron chi connectivity index (χ0n) is 21.3. The van der Waals surface area contributed by atoms with Crippen LogP contribution < -0.4 is 33.2 Å². The first kappa shape index (κ1) is 31.8. The molecule has 0 spiro atoms. The molecule has 0 aromatic heterocycles. The number of primary amides is 2. The number of rotatable bonds is 16. The first-order chi connectivity index (χ1) is 17.7. The van der Waals surface area contributed by atoms with Crippen LogP contribution in [0.5, 0.6) is 5.75 Å². The third kappa shape index (κ3) is 11.7. The maximum atomic E-state index is 13.2. The van der Waals surface area contributed by atoms with Crippen molar-refractivity contribution in [2.45, 2.75) is 70.1 Å². The molecule has 14 nitrogen and oxygen atoms in total. The Kier molecular flexibility index (Phi) is 12.7. The highest BCUT2D eigenvalue weighted by molar-refractivity contribution is 5.95. The Labute approximate surface area is 219 Å².